The highest BCUT2D eigenvalue weighted by molar-refractivity contribution is 6.41. The Balaban J connectivity index is 2.25. The fraction of sp³-hybridized carbons (Fsp3) is 0.158. The molecular weight excluding hydrogens is 309 g/mol. The molecule has 0 aromatic heterocycles. The molecule has 0 aliphatic carbocycles. The number of imide groups is 1. The molecule has 0 atom stereocenters. The molecule has 1 heterocycles. The van der Waals surface area contributed by atoms with Crippen molar-refractivity contribution in [3.63, 3.8) is 0 Å². The van der Waals surface area contributed by atoms with Crippen molar-refractivity contribution in [1.82, 2.24) is 0 Å². The van der Waals surface area contributed by atoms with E-state index in [0.717, 1.165) is 4.90 Å². The van der Waals surface area contributed by atoms with Crippen LogP contribution in [0.15, 0.2) is 54.3 Å². The van der Waals surface area contributed by atoms with Gasteiger partial charge in [-0.25, -0.2) is 9.29 Å². The number of carbonyl (C=O) groups excluding carboxylic acids is 2. The summed E-state index contributed by atoms with van der Waals surface area (Å²) in [6, 6.07) is 12.5. The third-order valence-corrected chi connectivity index (χ3v) is 3.85. The molecule has 1 aliphatic heterocycles. The van der Waals surface area contributed by atoms with E-state index < -0.39 is 17.6 Å². The maximum Gasteiger partial charge on any atom is 0.269 e. The Morgan fingerprint density at radius 3 is 2.29 bits per heavy atom. The number of benzene rings is 2. The van der Waals surface area contributed by atoms with Gasteiger partial charge < -0.3 is 4.74 Å². The molecule has 0 N–H and O–H groups in total. The molecule has 2 aromatic rings. The van der Waals surface area contributed by atoms with Gasteiger partial charge in [-0.2, -0.15) is 0 Å². The lowest BCUT2D eigenvalue weighted by atomic mass is 9.92. The van der Waals surface area contributed by atoms with Crippen LogP contribution in [0.2, 0.25) is 0 Å². The van der Waals surface area contributed by atoms with Crippen molar-refractivity contribution in [1.29, 1.82) is 0 Å². The summed E-state index contributed by atoms with van der Waals surface area (Å²) in [7, 11) is 0. The van der Waals surface area contributed by atoms with Gasteiger partial charge in [0.05, 0.1) is 17.9 Å². The summed E-state index contributed by atoms with van der Waals surface area (Å²) in [5.74, 6) is -1.36. The van der Waals surface area contributed by atoms with Crippen LogP contribution in [-0.4, -0.2) is 18.4 Å². The topological polar surface area (TPSA) is 46.6 Å². The first-order valence-corrected chi connectivity index (χ1v) is 7.62. The molecule has 0 radical (unpaired) electrons. The Labute approximate surface area is 139 Å². The van der Waals surface area contributed by atoms with Gasteiger partial charge >= 0.3 is 0 Å². The van der Waals surface area contributed by atoms with E-state index in [9.17, 15) is 14.0 Å². The highest BCUT2D eigenvalue weighted by Crippen LogP contribution is 2.34. The van der Waals surface area contributed by atoms with E-state index in [0.29, 0.717) is 23.5 Å². The summed E-state index contributed by atoms with van der Waals surface area (Å²) in [5.41, 5.74) is 1.06. The van der Waals surface area contributed by atoms with Gasteiger partial charge in [-0.15, -0.1) is 0 Å². The van der Waals surface area contributed by atoms with Crippen LogP contribution >= 0.6 is 0 Å². The van der Waals surface area contributed by atoms with Crippen molar-refractivity contribution in [2.45, 2.75) is 13.8 Å². The fourth-order valence-corrected chi connectivity index (χ4v) is 2.81. The molecule has 0 bridgehead atoms. The van der Waals surface area contributed by atoms with Gasteiger partial charge in [0.1, 0.15) is 11.6 Å². The number of para-hydroxylation sites is 1. The van der Waals surface area contributed by atoms with Crippen molar-refractivity contribution in [2.75, 3.05) is 11.5 Å². The number of rotatable bonds is 3. The molecule has 0 fully saturated rings. The number of carbonyl (C=O) groups is 2. The molecule has 0 saturated carbocycles. The lowest BCUT2D eigenvalue weighted by molar-refractivity contribution is -0.113. The van der Waals surface area contributed by atoms with E-state index in [2.05, 4.69) is 0 Å². The number of allylic oxidation sites excluding steroid dienone is 1. The molecule has 5 heteroatoms. The Morgan fingerprint density at radius 2 is 1.62 bits per heavy atom. The largest absolute Gasteiger partial charge is 0.498 e. The minimum Gasteiger partial charge on any atom is -0.498 e. The minimum atomic E-state index is -0.632. The molecule has 24 heavy (non-hydrogen) atoms. The fourth-order valence-electron chi connectivity index (χ4n) is 2.81. The molecule has 122 valence electrons. The Kier molecular flexibility index (Phi) is 4.16. The van der Waals surface area contributed by atoms with Gasteiger partial charge in [0.15, 0.2) is 0 Å². The smallest absolute Gasteiger partial charge is 0.269 e. The Hall–Kier alpha value is -2.95. The highest BCUT2D eigenvalue weighted by Gasteiger charge is 2.38. The van der Waals surface area contributed by atoms with Gasteiger partial charge in [-0.05, 0) is 32.0 Å². The molecular formula is C19H16FNO3. The quantitative estimate of drug-likeness (QED) is 0.490. The predicted octanol–water partition coefficient (Wildman–Crippen LogP) is 3.78. The lowest BCUT2D eigenvalue weighted by Crippen LogP contribution is -2.42. The first kappa shape index (κ1) is 15.9. The van der Waals surface area contributed by atoms with Crippen molar-refractivity contribution in [3.8, 4) is 0 Å². The molecule has 1 aliphatic rings. The zero-order chi connectivity index (χ0) is 17.3. The number of fused-ring (bicyclic) bond motifs is 1. The van der Waals surface area contributed by atoms with Crippen LogP contribution in [0, 0.1) is 5.82 Å². The number of hydrogen-bond donors (Lipinski definition) is 0. The molecule has 4 nitrogen and oxygen atoms in total. The van der Waals surface area contributed by atoms with Crippen LogP contribution < -0.4 is 4.90 Å². The molecule has 3 rings (SSSR count). The summed E-state index contributed by atoms with van der Waals surface area (Å²) in [4.78, 5) is 26.6. The van der Waals surface area contributed by atoms with E-state index in [1.165, 1.54) is 18.2 Å². The zero-order valence-corrected chi connectivity index (χ0v) is 13.4. The molecule has 0 saturated heterocycles. The van der Waals surface area contributed by atoms with Crippen LogP contribution in [0.1, 0.15) is 29.8 Å². The van der Waals surface area contributed by atoms with Crippen molar-refractivity contribution >= 4 is 23.1 Å². The second-order valence-electron chi connectivity index (χ2n) is 5.31. The van der Waals surface area contributed by atoms with E-state index >= 15 is 0 Å². The summed E-state index contributed by atoms with van der Waals surface area (Å²) >= 11 is 0. The number of hydrogen-bond acceptors (Lipinski definition) is 3. The summed E-state index contributed by atoms with van der Waals surface area (Å²) in [5, 5.41) is 0. The second-order valence-corrected chi connectivity index (χ2v) is 5.31. The number of ether oxygens (including phenoxy) is 1. The Morgan fingerprint density at radius 1 is 1.00 bits per heavy atom. The summed E-state index contributed by atoms with van der Waals surface area (Å²) in [6.07, 6.45) is 0. The van der Waals surface area contributed by atoms with E-state index in [-0.39, 0.29) is 11.3 Å². The van der Waals surface area contributed by atoms with Gasteiger partial charge in [0.25, 0.3) is 11.8 Å². The first-order chi connectivity index (χ1) is 11.6. The molecule has 0 unspecified atom stereocenters. The highest BCUT2D eigenvalue weighted by atomic mass is 19.1. The predicted molar refractivity (Wildman–Crippen MR) is 88.9 cm³/mol. The van der Waals surface area contributed by atoms with Crippen molar-refractivity contribution in [3.05, 3.63) is 71.2 Å². The van der Waals surface area contributed by atoms with Crippen LogP contribution in [-0.2, 0) is 9.53 Å². The van der Waals surface area contributed by atoms with Gasteiger partial charge in [-0.1, -0.05) is 30.3 Å². The number of nitrogens with zero attached hydrogens (tertiary/aromatic N) is 1. The first-order valence-electron chi connectivity index (χ1n) is 7.62. The van der Waals surface area contributed by atoms with Gasteiger partial charge in [0.2, 0.25) is 0 Å². The molecule has 0 spiro atoms. The zero-order valence-electron chi connectivity index (χ0n) is 13.4. The molecule has 2 aromatic carbocycles. The third kappa shape index (κ3) is 2.48. The summed E-state index contributed by atoms with van der Waals surface area (Å²) < 4.78 is 19.7. The normalized spacial score (nSPS) is 16.0. The minimum absolute atomic E-state index is 0.0659. The van der Waals surface area contributed by atoms with Crippen molar-refractivity contribution < 1.29 is 18.7 Å². The maximum atomic E-state index is 14.2. The lowest BCUT2D eigenvalue weighted by Gasteiger charge is -2.29. The van der Waals surface area contributed by atoms with E-state index in [4.69, 9.17) is 4.74 Å². The van der Waals surface area contributed by atoms with E-state index in [1.54, 1.807) is 37.3 Å². The van der Waals surface area contributed by atoms with Gasteiger partial charge in [0, 0.05) is 11.1 Å². The van der Waals surface area contributed by atoms with Crippen LogP contribution in [0.25, 0.3) is 5.57 Å². The number of anilines is 1. The van der Waals surface area contributed by atoms with Crippen LogP contribution in [0.5, 0.6) is 0 Å². The van der Waals surface area contributed by atoms with Gasteiger partial charge in [-0.3, -0.25) is 9.59 Å². The molecule has 2 amide bonds. The van der Waals surface area contributed by atoms with E-state index in [1.807, 2.05) is 6.92 Å². The SMILES string of the molecule is CCO/C(C)=C1\C(=O)N(c2ccccc2F)C(=O)c2ccccc21. The average molecular weight is 325 g/mol. The maximum absolute atomic E-state index is 14.2. The number of halogens is 1. The Bertz CT molecular complexity index is 857. The number of amides is 2. The third-order valence-electron chi connectivity index (χ3n) is 3.85. The monoisotopic (exact) mass is 325 g/mol. The second kappa shape index (κ2) is 6.28. The average Bonchev–Trinajstić information content (AvgIpc) is 2.57. The van der Waals surface area contributed by atoms with Crippen LogP contribution in [0.4, 0.5) is 10.1 Å². The van der Waals surface area contributed by atoms with Crippen molar-refractivity contribution in [2.24, 2.45) is 0 Å². The van der Waals surface area contributed by atoms with Crippen LogP contribution in [0.3, 0.4) is 0 Å². The summed E-state index contributed by atoms with van der Waals surface area (Å²) in [6.45, 7) is 3.87. The standard InChI is InChI=1S/C19H16FNO3/c1-3-24-12(2)17-13-8-4-5-9-14(13)18(22)21(19(17)23)16-11-7-6-10-15(16)20/h4-11H,3H2,1-2H3/b17-12-.